The first-order valence-electron chi connectivity index (χ1n) is 14.3. The zero-order valence-electron chi connectivity index (χ0n) is 25.7. The van der Waals surface area contributed by atoms with Crippen molar-refractivity contribution in [1.82, 2.24) is 24.6 Å². The zero-order valence-corrected chi connectivity index (χ0v) is 27.5. The van der Waals surface area contributed by atoms with Gasteiger partial charge in [0.2, 0.25) is 5.95 Å². The van der Waals surface area contributed by atoms with Crippen LogP contribution in [0.25, 0.3) is 21.9 Å². The fourth-order valence-corrected chi connectivity index (χ4v) is 7.46. The molecule has 13 nitrogen and oxygen atoms in total. The number of hydrogen-bond acceptors (Lipinski definition) is 12. The molecule has 0 saturated carbocycles. The van der Waals surface area contributed by atoms with Crippen LogP contribution in [0.15, 0.2) is 48.8 Å². The van der Waals surface area contributed by atoms with Gasteiger partial charge in [-0.05, 0) is 51.0 Å². The average molecular weight is 662 g/mol. The second kappa shape index (κ2) is 12.7. The van der Waals surface area contributed by atoms with Gasteiger partial charge >= 0.3 is 12.6 Å². The summed E-state index contributed by atoms with van der Waals surface area (Å²) in [7, 11) is 3.54. The summed E-state index contributed by atoms with van der Waals surface area (Å²) < 4.78 is 41.5. The van der Waals surface area contributed by atoms with E-state index in [1.165, 1.54) is 17.8 Å². The Morgan fingerprint density at radius 3 is 2.67 bits per heavy atom. The topological polar surface area (TPSA) is 159 Å². The third kappa shape index (κ3) is 6.74. The first-order chi connectivity index (χ1) is 21.2. The van der Waals surface area contributed by atoms with E-state index in [1.807, 2.05) is 36.4 Å². The van der Waals surface area contributed by atoms with Crippen LogP contribution in [0.5, 0.6) is 5.75 Å². The van der Waals surface area contributed by atoms with Gasteiger partial charge in [0.25, 0.3) is 0 Å². The highest BCUT2D eigenvalue weighted by atomic mass is 32.5. The number of nitrogens with one attached hydrogen (secondary N) is 1. The Labute approximate surface area is 265 Å². The number of nitrogens with zero attached hydrogens (tertiary/aromatic N) is 5. The minimum atomic E-state index is -3.56. The Morgan fingerprint density at radius 1 is 1.24 bits per heavy atom. The minimum Gasteiger partial charge on any atom is -0.462 e. The second-order valence-electron chi connectivity index (χ2n) is 11.4. The van der Waals surface area contributed by atoms with E-state index in [-0.39, 0.29) is 24.3 Å². The lowest BCUT2D eigenvalue weighted by atomic mass is 9.98. The number of hydrogen-bond donors (Lipinski definition) is 3. The Balaban J connectivity index is 1.42. The van der Waals surface area contributed by atoms with E-state index in [9.17, 15) is 9.90 Å². The fourth-order valence-electron chi connectivity index (χ4n) is 5.04. The molecule has 4 aromatic rings. The summed E-state index contributed by atoms with van der Waals surface area (Å²) in [5.74, 6) is 0.281. The molecule has 1 saturated heterocycles. The number of nitrogens with two attached hydrogens (primary N) is 1. The highest BCUT2D eigenvalue weighted by molar-refractivity contribution is 8.09. The van der Waals surface area contributed by atoms with Crippen molar-refractivity contribution in [2.75, 3.05) is 31.3 Å². The summed E-state index contributed by atoms with van der Waals surface area (Å²) in [6, 6.07) is 12.1. The van der Waals surface area contributed by atoms with Gasteiger partial charge in [-0.25, -0.2) is 14.5 Å². The van der Waals surface area contributed by atoms with Crippen LogP contribution in [0.2, 0.25) is 0 Å². The SMILES string of the molecule is CC(C)OC(=O)[C@@H](C)NP(=S)(OCC1O[C@@H](n2cnc3c(N(C)C)nc(N)nc32)[C@](C)(F)[C@@H]1O)Oc1cccc2ccccc12. The minimum absolute atomic E-state index is 0.0330. The number of anilines is 2. The van der Waals surface area contributed by atoms with E-state index in [1.54, 1.807) is 45.8 Å². The number of aromatic nitrogens is 4. The van der Waals surface area contributed by atoms with Crippen LogP contribution in [-0.2, 0) is 30.6 Å². The molecule has 1 aliphatic heterocycles. The lowest BCUT2D eigenvalue weighted by Crippen LogP contribution is -2.41. The van der Waals surface area contributed by atoms with Crippen LogP contribution in [0.1, 0.15) is 33.9 Å². The maximum atomic E-state index is 16.3. The molecule has 2 unspecified atom stereocenters. The number of carbonyl (C=O) groups excluding carboxylic acids is 1. The molecule has 0 amide bonds. The molecule has 2 aromatic heterocycles. The molecule has 0 aliphatic carbocycles. The molecular weight excluding hydrogens is 624 g/mol. The van der Waals surface area contributed by atoms with Crippen LogP contribution in [-0.4, -0.2) is 81.3 Å². The number of aliphatic hydroxyl groups excluding tert-OH is 1. The molecule has 16 heteroatoms. The van der Waals surface area contributed by atoms with Crippen molar-refractivity contribution in [1.29, 1.82) is 0 Å². The fraction of sp³-hybridized carbons (Fsp3) is 0.448. The van der Waals surface area contributed by atoms with Crippen LogP contribution < -0.4 is 20.2 Å². The standard InChI is InChI=1S/C29H37FN7O6PS/c1-16(2)41-26(39)17(3)35-44(45,43-20-13-9-11-18-10-7-8-12-19(18)20)40-14-21-23(38)29(4,30)27(42-21)37-15-32-22-24(36(5)6)33-28(31)34-25(22)37/h7-13,15-17,21,23,27,38H,14H2,1-6H3,(H,35,45)(H2,31,33,34)/t17-,21?,23-,27-,29-,44?/m1/s1. The first-order valence-corrected chi connectivity index (χ1v) is 16.9. The molecule has 6 atom stereocenters. The van der Waals surface area contributed by atoms with Gasteiger partial charge in [0.1, 0.15) is 24.0 Å². The van der Waals surface area contributed by atoms with Crippen LogP contribution >= 0.6 is 6.64 Å². The van der Waals surface area contributed by atoms with Crippen molar-refractivity contribution >= 4 is 58.1 Å². The maximum absolute atomic E-state index is 16.3. The molecule has 242 valence electrons. The van der Waals surface area contributed by atoms with Gasteiger partial charge in [0.15, 0.2) is 28.9 Å². The van der Waals surface area contributed by atoms with Gasteiger partial charge in [0.05, 0.1) is 19.0 Å². The Hall–Kier alpha value is -3.46. The molecule has 3 heterocycles. The molecule has 1 aliphatic rings. The van der Waals surface area contributed by atoms with Crippen molar-refractivity contribution in [2.24, 2.45) is 0 Å². The highest BCUT2D eigenvalue weighted by Gasteiger charge is 2.56. The average Bonchev–Trinajstić information content (AvgIpc) is 3.48. The normalized spacial score (nSPS) is 23.7. The second-order valence-corrected chi connectivity index (χ2v) is 14.6. The van der Waals surface area contributed by atoms with Gasteiger partial charge in [0, 0.05) is 19.5 Å². The molecule has 2 aromatic carbocycles. The smallest absolute Gasteiger partial charge is 0.323 e. The van der Waals surface area contributed by atoms with Gasteiger partial charge in [-0.3, -0.25) is 9.36 Å². The highest BCUT2D eigenvalue weighted by Crippen LogP contribution is 2.49. The van der Waals surface area contributed by atoms with Crippen molar-refractivity contribution < 1.29 is 32.8 Å². The van der Waals surface area contributed by atoms with Crippen LogP contribution in [0, 0.1) is 0 Å². The number of fused-ring (bicyclic) bond motifs is 2. The monoisotopic (exact) mass is 661 g/mol. The molecule has 0 spiro atoms. The maximum Gasteiger partial charge on any atom is 0.323 e. The number of imidazole rings is 1. The number of halogens is 1. The van der Waals surface area contributed by atoms with E-state index in [0.29, 0.717) is 17.1 Å². The number of benzene rings is 2. The quantitative estimate of drug-likeness (QED) is 0.157. The molecule has 4 N–H and O–H groups in total. The Morgan fingerprint density at radius 2 is 1.96 bits per heavy atom. The van der Waals surface area contributed by atoms with E-state index in [2.05, 4.69) is 20.0 Å². The molecule has 0 radical (unpaired) electrons. The largest absolute Gasteiger partial charge is 0.462 e. The number of nitrogen functional groups attached to an aromatic ring is 1. The summed E-state index contributed by atoms with van der Waals surface area (Å²) in [6.45, 7) is 2.34. The van der Waals surface area contributed by atoms with Crippen molar-refractivity contribution in [3.8, 4) is 5.75 Å². The molecule has 5 rings (SSSR count). The summed E-state index contributed by atoms with van der Waals surface area (Å²) in [6.07, 6.45) is -3.17. The lowest BCUT2D eigenvalue weighted by molar-refractivity contribution is -0.149. The van der Waals surface area contributed by atoms with Gasteiger partial charge in [-0.1, -0.05) is 36.4 Å². The number of aliphatic hydroxyl groups is 1. The Bertz CT molecular complexity index is 1750. The summed E-state index contributed by atoms with van der Waals surface area (Å²) in [4.78, 5) is 27.2. The van der Waals surface area contributed by atoms with Gasteiger partial charge in [-0.2, -0.15) is 9.97 Å². The van der Waals surface area contributed by atoms with Crippen LogP contribution in [0.3, 0.4) is 0 Å². The summed E-state index contributed by atoms with van der Waals surface area (Å²) in [5.41, 5.74) is 4.25. The zero-order chi connectivity index (χ0) is 32.7. The first kappa shape index (κ1) is 32.9. The van der Waals surface area contributed by atoms with Crippen molar-refractivity contribution in [3.05, 3.63) is 48.8 Å². The number of alkyl halides is 1. The number of esters is 1. The van der Waals surface area contributed by atoms with Crippen molar-refractivity contribution in [3.63, 3.8) is 0 Å². The molecule has 0 bridgehead atoms. The third-order valence-electron chi connectivity index (χ3n) is 7.25. The van der Waals surface area contributed by atoms with Gasteiger partial charge < -0.3 is 34.3 Å². The number of rotatable bonds is 11. The Kier molecular flexibility index (Phi) is 9.32. The van der Waals surface area contributed by atoms with Gasteiger partial charge in [-0.15, -0.1) is 0 Å². The van der Waals surface area contributed by atoms with Crippen LogP contribution in [0.4, 0.5) is 16.2 Å². The van der Waals surface area contributed by atoms with E-state index in [0.717, 1.165) is 10.8 Å². The summed E-state index contributed by atoms with van der Waals surface area (Å²) >= 11 is 5.88. The predicted molar refractivity (Wildman–Crippen MR) is 172 cm³/mol. The number of ether oxygens (including phenoxy) is 2. The molecular formula is C29H37FN7O6PS. The van der Waals surface area contributed by atoms with E-state index in [4.69, 9.17) is 36.1 Å². The van der Waals surface area contributed by atoms with E-state index >= 15 is 4.39 Å². The van der Waals surface area contributed by atoms with E-state index < -0.39 is 42.8 Å². The predicted octanol–water partition coefficient (Wildman–Crippen LogP) is 3.86. The third-order valence-corrected chi connectivity index (χ3v) is 9.73. The summed E-state index contributed by atoms with van der Waals surface area (Å²) in [5, 5.41) is 15.8. The van der Waals surface area contributed by atoms with Crippen molar-refractivity contribution in [2.45, 2.75) is 63.9 Å². The lowest BCUT2D eigenvalue weighted by Gasteiger charge is -2.28. The number of carbonyl (C=O) groups is 1. The molecule has 1 fully saturated rings. The molecule has 45 heavy (non-hydrogen) atoms.